The van der Waals surface area contributed by atoms with Crippen molar-refractivity contribution >= 4 is 11.5 Å². The third-order valence-electron chi connectivity index (χ3n) is 3.16. The third kappa shape index (κ3) is 2.95. The van der Waals surface area contributed by atoms with Gasteiger partial charge in [0, 0.05) is 32.4 Å². The fraction of sp³-hybridized carbons (Fsp3) is 0.667. The van der Waals surface area contributed by atoms with Crippen LogP contribution in [0.1, 0.15) is 40.2 Å². The highest BCUT2D eigenvalue weighted by Gasteiger charge is 2.22. The van der Waals surface area contributed by atoms with Gasteiger partial charge in [-0.15, -0.1) is 0 Å². The molecule has 0 bridgehead atoms. The highest BCUT2D eigenvalue weighted by atomic mass is 15.2. The van der Waals surface area contributed by atoms with E-state index >= 15 is 0 Å². The average molecular weight is 249 g/mol. The average Bonchev–Trinajstić information content (AvgIpc) is 2.27. The lowest BCUT2D eigenvalue weighted by Crippen LogP contribution is -2.39. The molecule has 0 aliphatic heterocycles. The molecule has 0 atom stereocenters. The van der Waals surface area contributed by atoms with Crippen molar-refractivity contribution in [2.45, 2.75) is 53.1 Å². The molecule has 0 fully saturated rings. The molecule has 1 aromatic rings. The minimum Gasteiger partial charge on any atom is -0.363 e. The van der Waals surface area contributed by atoms with Gasteiger partial charge in [0.1, 0.15) is 0 Å². The van der Waals surface area contributed by atoms with Crippen molar-refractivity contribution in [3.05, 3.63) is 17.8 Å². The first-order valence-electron chi connectivity index (χ1n) is 6.83. The minimum absolute atomic E-state index is 0.471. The summed E-state index contributed by atoms with van der Waals surface area (Å²) >= 11 is 0. The summed E-state index contributed by atoms with van der Waals surface area (Å²) in [5.41, 5.74) is 2.66. The number of hydrogen-bond acceptors (Lipinski definition) is 3. The minimum atomic E-state index is 0.471. The van der Waals surface area contributed by atoms with Crippen LogP contribution in [0.25, 0.3) is 0 Å². The van der Waals surface area contributed by atoms with Gasteiger partial charge in [0.25, 0.3) is 0 Å². The monoisotopic (exact) mass is 249 g/mol. The molecule has 1 rings (SSSR count). The van der Waals surface area contributed by atoms with Crippen LogP contribution in [0.3, 0.4) is 0 Å². The van der Waals surface area contributed by atoms with E-state index in [1.165, 1.54) is 11.3 Å². The number of nitrogens with zero attached hydrogens (tertiary/aromatic N) is 3. The molecule has 0 saturated carbocycles. The predicted molar refractivity (Wildman–Crippen MR) is 80.7 cm³/mol. The van der Waals surface area contributed by atoms with Crippen molar-refractivity contribution < 1.29 is 0 Å². The molecule has 18 heavy (non-hydrogen) atoms. The Bertz CT molecular complexity index is 375. The second kappa shape index (κ2) is 6.07. The number of pyridine rings is 1. The van der Waals surface area contributed by atoms with Crippen molar-refractivity contribution in [1.82, 2.24) is 4.98 Å². The zero-order valence-corrected chi connectivity index (χ0v) is 12.9. The summed E-state index contributed by atoms with van der Waals surface area (Å²) in [7, 11) is 4.12. The number of rotatable bonds is 5. The smallest absolute Gasteiger partial charge is 0.151 e. The molecule has 3 nitrogen and oxygen atoms in total. The second-order valence-corrected chi connectivity index (χ2v) is 5.49. The largest absolute Gasteiger partial charge is 0.363 e. The summed E-state index contributed by atoms with van der Waals surface area (Å²) in [6.07, 6.45) is 2.95. The van der Waals surface area contributed by atoms with Crippen LogP contribution in [0.5, 0.6) is 0 Å². The number of aromatic nitrogens is 1. The van der Waals surface area contributed by atoms with Crippen LogP contribution in [-0.2, 0) is 6.42 Å². The number of aryl methyl sites for hydroxylation is 1. The van der Waals surface area contributed by atoms with Crippen LogP contribution in [0.4, 0.5) is 11.5 Å². The van der Waals surface area contributed by atoms with E-state index in [4.69, 9.17) is 0 Å². The van der Waals surface area contributed by atoms with Crippen molar-refractivity contribution in [2.24, 2.45) is 0 Å². The zero-order valence-electron chi connectivity index (χ0n) is 12.9. The maximum Gasteiger partial charge on any atom is 0.151 e. The number of hydrogen-bond donors (Lipinski definition) is 0. The predicted octanol–water partition coefficient (Wildman–Crippen LogP) is 3.33. The van der Waals surface area contributed by atoms with Gasteiger partial charge in [0.15, 0.2) is 5.82 Å². The van der Waals surface area contributed by atoms with Gasteiger partial charge in [-0.1, -0.05) is 6.92 Å². The molecule has 0 radical (unpaired) electrons. The Morgan fingerprint density at radius 3 is 2.06 bits per heavy atom. The molecule has 0 spiro atoms. The Morgan fingerprint density at radius 2 is 1.67 bits per heavy atom. The van der Waals surface area contributed by atoms with E-state index in [-0.39, 0.29) is 0 Å². The maximum atomic E-state index is 4.56. The van der Waals surface area contributed by atoms with Gasteiger partial charge < -0.3 is 9.80 Å². The summed E-state index contributed by atoms with van der Waals surface area (Å²) < 4.78 is 0. The van der Waals surface area contributed by atoms with E-state index in [1.807, 2.05) is 6.20 Å². The molecule has 1 aromatic heterocycles. The molecule has 0 aromatic carbocycles. The summed E-state index contributed by atoms with van der Waals surface area (Å²) in [5, 5.41) is 0. The van der Waals surface area contributed by atoms with E-state index in [1.54, 1.807) is 0 Å². The molecule has 1 heterocycles. The molecule has 3 heteroatoms. The van der Waals surface area contributed by atoms with E-state index in [0.29, 0.717) is 12.1 Å². The first-order chi connectivity index (χ1) is 8.40. The highest BCUT2D eigenvalue weighted by Crippen LogP contribution is 2.33. The van der Waals surface area contributed by atoms with Gasteiger partial charge in [-0.2, -0.15) is 0 Å². The summed E-state index contributed by atoms with van der Waals surface area (Å²) in [6, 6.07) is 3.08. The highest BCUT2D eigenvalue weighted by molar-refractivity contribution is 5.71. The Morgan fingerprint density at radius 1 is 1.11 bits per heavy atom. The molecule has 0 aliphatic carbocycles. The van der Waals surface area contributed by atoms with Crippen LogP contribution in [0.15, 0.2) is 12.3 Å². The zero-order chi connectivity index (χ0) is 13.9. The summed E-state index contributed by atoms with van der Waals surface area (Å²) in [6.45, 7) is 11.2. The van der Waals surface area contributed by atoms with Crippen molar-refractivity contribution in [3.63, 3.8) is 0 Å². The van der Waals surface area contributed by atoms with Crippen LogP contribution < -0.4 is 9.80 Å². The lowest BCUT2D eigenvalue weighted by atomic mass is 10.1. The molecule has 0 amide bonds. The van der Waals surface area contributed by atoms with E-state index < -0.39 is 0 Å². The molecule has 0 unspecified atom stereocenters. The number of anilines is 2. The Kier molecular flexibility index (Phi) is 5.00. The summed E-state index contributed by atoms with van der Waals surface area (Å²) in [4.78, 5) is 9.12. The van der Waals surface area contributed by atoms with E-state index in [9.17, 15) is 0 Å². The van der Waals surface area contributed by atoms with Crippen molar-refractivity contribution in [3.8, 4) is 0 Å². The van der Waals surface area contributed by atoms with Gasteiger partial charge in [0.05, 0.1) is 5.69 Å². The van der Waals surface area contributed by atoms with Gasteiger partial charge in [0.2, 0.25) is 0 Å². The molecule has 102 valence electrons. The summed E-state index contributed by atoms with van der Waals surface area (Å²) in [5.74, 6) is 1.07. The van der Waals surface area contributed by atoms with Crippen molar-refractivity contribution in [1.29, 1.82) is 0 Å². The van der Waals surface area contributed by atoms with Crippen molar-refractivity contribution in [2.75, 3.05) is 23.9 Å². The molecular formula is C15H27N3. The topological polar surface area (TPSA) is 19.4 Å². The quantitative estimate of drug-likeness (QED) is 0.798. The van der Waals surface area contributed by atoms with Crippen LogP contribution >= 0.6 is 0 Å². The fourth-order valence-corrected chi connectivity index (χ4v) is 2.49. The first-order valence-corrected chi connectivity index (χ1v) is 6.83. The van der Waals surface area contributed by atoms with Gasteiger partial charge in [-0.05, 0) is 45.7 Å². The Balaban J connectivity index is 3.42. The maximum absolute atomic E-state index is 4.56. The fourth-order valence-electron chi connectivity index (χ4n) is 2.49. The Labute approximate surface area is 112 Å². The standard InChI is InChI=1S/C15H27N3/c1-8-13-9-10-16-15(17(6)7)14(13)18(11(2)3)12(4)5/h9-12H,8H2,1-7H3. The van der Waals surface area contributed by atoms with E-state index in [0.717, 1.165) is 12.2 Å². The van der Waals surface area contributed by atoms with Crippen LogP contribution in [-0.4, -0.2) is 31.2 Å². The van der Waals surface area contributed by atoms with Crippen LogP contribution in [0.2, 0.25) is 0 Å². The van der Waals surface area contributed by atoms with Gasteiger partial charge in [-0.25, -0.2) is 4.98 Å². The second-order valence-electron chi connectivity index (χ2n) is 5.49. The molecule has 0 saturated heterocycles. The lowest BCUT2D eigenvalue weighted by Gasteiger charge is -2.36. The van der Waals surface area contributed by atoms with E-state index in [2.05, 4.69) is 69.6 Å². The van der Waals surface area contributed by atoms with Gasteiger partial charge >= 0.3 is 0 Å². The normalized spacial score (nSPS) is 11.2. The molecular weight excluding hydrogens is 222 g/mol. The Hall–Kier alpha value is -1.25. The van der Waals surface area contributed by atoms with Crippen LogP contribution in [0, 0.1) is 0 Å². The molecule has 0 N–H and O–H groups in total. The first kappa shape index (κ1) is 14.8. The third-order valence-corrected chi connectivity index (χ3v) is 3.16. The van der Waals surface area contributed by atoms with Gasteiger partial charge in [-0.3, -0.25) is 0 Å². The SMILES string of the molecule is CCc1ccnc(N(C)C)c1N(C(C)C)C(C)C. The molecule has 0 aliphatic rings. The lowest BCUT2D eigenvalue weighted by molar-refractivity contribution is 0.604.